The molecule has 1 saturated heterocycles. The van der Waals surface area contributed by atoms with E-state index in [1.165, 1.54) is 18.5 Å². The zero-order valence-corrected chi connectivity index (χ0v) is 10.6. The second kappa shape index (κ2) is 5.59. The number of hydrogen-bond acceptors (Lipinski definition) is 5. The van der Waals surface area contributed by atoms with Gasteiger partial charge in [-0.05, 0) is 18.6 Å². The van der Waals surface area contributed by atoms with E-state index in [4.69, 9.17) is 16.3 Å². The number of halogens is 1. The maximum absolute atomic E-state index is 5.93. The monoisotopic (exact) mass is 259 g/mol. The topological polar surface area (TPSA) is 47.0 Å². The minimum Gasteiger partial charge on any atom is -0.490 e. The maximum atomic E-state index is 5.93. The first-order chi connectivity index (χ1) is 7.81. The van der Waals surface area contributed by atoms with Gasteiger partial charge in [0.2, 0.25) is 0 Å². The van der Waals surface area contributed by atoms with E-state index in [2.05, 4.69) is 15.3 Å². The molecule has 1 aliphatic rings. The lowest BCUT2D eigenvalue weighted by atomic mass is 10.2. The molecule has 0 bridgehead atoms. The first-order valence-electron chi connectivity index (χ1n) is 5.20. The Morgan fingerprint density at radius 2 is 2.44 bits per heavy atom. The fourth-order valence-electron chi connectivity index (χ4n) is 1.68. The molecule has 1 aromatic rings. The molecule has 1 atom stereocenters. The number of hydrogen-bond donors (Lipinski definition) is 1. The average Bonchev–Trinajstić information content (AvgIpc) is 2.31. The van der Waals surface area contributed by atoms with Gasteiger partial charge in [0.05, 0.1) is 7.11 Å². The van der Waals surface area contributed by atoms with Crippen LogP contribution in [0.5, 0.6) is 5.75 Å². The van der Waals surface area contributed by atoms with Crippen LogP contribution in [0, 0.1) is 0 Å². The van der Waals surface area contributed by atoms with Crippen LogP contribution in [0.3, 0.4) is 0 Å². The van der Waals surface area contributed by atoms with Gasteiger partial charge in [0.25, 0.3) is 0 Å². The molecule has 4 nitrogen and oxygen atoms in total. The van der Waals surface area contributed by atoms with Gasteiger partial charge >= 0.3 is 0 Å². The van der Waals surface area contributed by atoms with Crippen LogP contribution in [0.1, 0.15) is 12.8 Å². The molecule has 1 aliphatic heterocycles. The Labute approximate surface area is 104 Å². The average molecular weight is 260 g/mol. The van der Waals surface area contributed by atoms with Crippen molar-refractivity contribution in [3.05, 3.63) is 11.5 Å². The van der Waals surface area contributed by atoms with E-state index in [9.17, 15) is 0 Å². The van der Waals surface area contributed by atoms with Gasteiger partial charge in [-0.2, -0.15) is 11.8 Å². The summed E-state index contributed by atoms with van der Waals surface area (Å²) in [6.07, 6.45) is 3.85. The second-order valence-corrected chi connectivity index (χ2v) is 5.11. The van der Waals surface area contributed by atoms with Crippen molar-refractivity contribution in [1.29, 1.82) is 0 Å². The van der Waals surface area contributed by atoms with Gasteiger partial charge in [-0.3, -0.25) is 0 Å². The van der Waals surface area contributed by atoms with Gasteiger partial charge in [-0.15, -0.1) is 0 Å². The predicted octanol–water partition coefficient (Wildman–Crippen LogP) is 2.45. The van der Waals surface area contributed by atoms with Crippen molar-refractivity contribution >= 4 is 29.2 Å². The third-order valence-corrected chi connectivity index (χ3v) is 3.95. The molecule has 2 heterocycles. The van der Waals surface area contributed by atoms with E-state index >= 15 is 0 Å². The molecular formula is C10H14ClN3OS. The number of nitrogens with one attached hydrogen (secondary N) is 1. The van der Waals surface area contributed by atoms with E-state index in [-0.39, 0.29) is 0 Å². The summed E-state index contributed by atoms with van der Waals surface area (Å²) in [5.41, 5.74) is 0. The molecule has 0 amide bonds. The second-order valence-electron chi connectivity index (χ2n) is 3.60. The van der Waals surface area contributed by atoms with Crippen LogP contribution in [0.15, 0.2) is 6.33 Å². The highest BCUT2D eigenvalue weighted by Gasteiger charge is 2.17. The molecule has 1 unspecified atom stereocenters. The number of rotatable bonds is 3. The smallest absolute Gasteiger partial charge is 0.198 e. The molecule has 6 heteroatoms. The Kier molecular flexibility index (Phi) is 4.12. The Hall–Kier alpha value is -0.680. The standard InChI is InChI=1S/C10H14ClN3OS/c1-15-8-9(11)12-6-13-10(8)14-7-3-2-4-16-5-7/h6-7H,2-5H2,1H3,(H,12,13,14). The number of aromatic nitrogens is 2. The maximum Gasteiger partial charge on any atom is 0.198 e. The zero-order valence-electron chi connectivity index (χ0n) is 9.07. The van der Waals surface area contributed by atoms with Crippen molar-refractivity contribution in [2.75, 3.05) is 23.9 Å². The first kappa shape index (κ1) is 11.8. The lowest BCUT2D eigenvalue weighted by Crippen LogP contribution is -2.26. The van der Waals surface area contributed by atoms with E-state index < -0.39 is 0 Å². The van der Waals surface area contributed by atoms with E-state index in [1.807, 2.05) is 11.8 Å². The molecule has 2 rings (SSSR count). The molecule has 0 saturated carbocycles. The number of nitrogens with zero attached hydrogens (tertiary/aromatic N) is 2. The van der Waals surface area contributed by atoms with E-state index in [0.29, 0.717) is 22.8 Å². The fourth-order valence-corrected chi connectivity index (χ4v) is 2.97. The van der Waals surface area contributed by atoms with E-state index in [0.717, 1.165) is 12.2 Å². The normalized spacial score (nSPS) is 20.5. The summed E-state index contributed by atoms with van der Waals surface area (Å²) in [6, 6.07) is 0.443. The Morgan fingerprint density at radius 3 is 3.12 bits per heavy atom. The quantitative estimate of drug-likeness (QED) is 0.845. The fraction of sp³-hybridized carbons (Fsp3) is 0.600. The van der Waals surface area contributed by atoms with E-state index in [1.54, 1.807) is 7.11 Å². The molecular weight excluding hydrogens is 246 g/mol. The Balaban J connectivity index is 2.10. The van der Waals surface area contributed by atoms with Crippen molar-refractivity contribution < 1.29 is 4.74 Å². The van der Waals surface area contributed by atoms with Gasteiger partial charge in [0.15, 0.2) is 16.7 Å². The predicted molar refractivity (Wildman–Crippen MR) is 67.6 cm³/mol. The third-order valence-electron chi connectivity index (χ3n) is 2.47. The highest BCUT2D eigenvalue weighted by molar-refractivity contribution is 7.99. The Morgan fingerprint density at radius 1 is 1.56 bits per heavy atom. The van der Waals surface area contributed by atoms with Crippen molar-refractivity contribution in [3.63, 3.8) is 0 Å². The summed E-state index contributed by atoms with van der Waals surface area (Å²) in [7, 11) is 1.57. The van der Waals surface area contributed by atoms with Gasteiger partial charge in [-0.1, -0.05) is 11.6 Å². The minimum absolute atomic E-state index is 0.350. The van der Waals surface area contributed by atoms with Crippen molar-refractivity contribution in [2.24, 2.45) is 0 Å². The third kappa shape index (κ3) is 2.71. The molecule has 1 aromatic heterocycles. The largest absolute Gasteiger partial charge is 0.490 e. The lowest BCUT2D eigenvalue weighted by Gasteiger charge is -2.23. The summed E-state index contributed by atoms with van der Waals surface area (Å²) in [6.45, 7) is 0. The van der Waals surface area contributed by atoms with Crippen LogP contribution in [-0.2, 0) is 0 Å². The van der Waals surface area contributed by atoms with Crippen LogP contribution in [-0.4, -0.2) is 34.6 Å². The van der Waals surface area contributed by atoms with Crippen LogP contribution >= 0.6 is 23.4 Å². The first-order valence-corrected chi connectivity index (χ1v) is 6.73. The number of ether oxygens (including phenoxy) is 1. The molecule has 0 spiro atoms. The zero-order chi connectivity index (χ0) is 11.4. The molecule has 1 fully saturated rings. The number of methoxy groups -OCH3 is 1. The van der Waals surface area contributed by atoms with Gasteiger partial charge in [0, 0.05) is 11.8 Å². The lowest BCUT2D eigenvalue weighted by molar-refractivity contribution is 0.412. The number of thioether (sulfide) groups is 1. The van der Waals surface area contributed by atoms with Crippen LogP contribution < -0.4 is 10.1 Å². The molecule has 0 aliphatic carbocycles. The van der Waals surface area contributed by atoms with Gasteiger partial charge in [0.1, 0.15) is 6.33 Å². The van der Waals surface area contributed by atoms with Crippen molar-refractivity contribution in [1.82, 2.24) is 9.97 Å². The highest BCUT2D eigenvalue weighted by atomic mass is 35.5. The van der Waals surface area contributed by atoms with Crippen molar-refractivity contribution in [2.45, 2.75) is 18.9 Å². The van der Waals surface area contributed by atoms with Gasteiger partial charge in [-0.25, -0.2) is 9.97 Å². The highest BCUT2D eigenvalue weighted by Crippen LogP contribution is 2.30. The molecule has 1 N–H and O–H groups in total. The minimum atomic E-state index is 0.350. The molecule has 0 radical (unpaired) electrons. The van der Waals surface area contributed by atoms with Crippen LogP contribution in [0.2, 0.25) is 5.15 Å². The SMILES string of the molecule is COc1c(Cl)ncnc1NC1CCCSC1. The van der Waals surface area contributed by atoms with Crippen molar-refractivity contribution in [3.8, 4) is 5.75 Å². The summed E-state index contributed by atoms with van der Waals surface area (Å²) in [4.78, 5) is 8.05. The Bertz CT molecular complexity index is 358. The molecule has 88 valence electrons. The van der Waals surface area contributed by atoms with Crippen LogP contribution in [0.25, 0.3) is 0 Å². The molecule has 0 aromatic carbocycles. The van der Waals surface area contributed by atoms with Gasteiger partial charge < -0.3 is 10.1 Å². The summed E-state index contributed by atoms with van der Waals surface area (Å²) >= 11 is 7.89. The summed E-state index contributed by atoms with van der Waals surface area (Å²) in [5.74, 6) is 3.57. The number of anilines is 1. The summed E-state index contributed by atoms with van der Waals surface area (Å²) < 4.78 is 5.19. The summed E-state index contributed by atoms with van der Waals surface area (Å²) in [5, 5.41) is 3.71. The van der Waals surface area contributed by atoms with Crippen LogP contribution in [0.4, 0.5) is 5.82 Å². The molecule has 16 heavy (non-hydrogen) atoms.